The lowest BCUT2D eigenvalue weighted by Gasteiger charge is -2.31. The molecule has 12 nitrogen and oxygen atoms in total. The van der Waals surface area contributed by atoms with Crippen molar-refractivity contribution in [2.75, 3.05) is 45.6 Å². The number of carbonyl (C=O) groups excluding carboxylic acids is 2. The highest BCUT2D eigenvalue weighted by Crippen LogP contribution is 2.36. The zero-order valence-electron chi connectivity index (χ0n) is 25.5. The van der Waals surface area contributed by atoms with E-state index < -0.39 is 68.1 Å². The molecule has 2 fully saturated rings. The van der Waals surface area contributed by atoms with Crippen molar-refractivity contribution >= 4 is 23.3 Å². The molecule has 2 aliphatic heterocycles. The monoisotopic (exact) mass is 712 g/mol. The number of fused-ring (bicyclic) bond motifs is 1. The lowest BCUT2D eigenvalue weighted by atomic mass is 10.1. The standard InChI is InChI=1S/C28H29F9N8O4/c1-48-23-16(22(46)42-18-11-44(10-17(18)29)25(47)49-12-27(33,34)24(30)28(35,36)37)6-14(8-39-23)19-7-15(20-21(38)40-13-41-45(19)20)9-43-4-2-26(31,32)3-5-43/h6-8,13,17-18,24H,2-5,9-12H2,1H3,(H,42,46)(H2,38,40,41)/t17-,18+,24?/m0/s1. The van der Waals surface area contributed by atoms with Crippen molar-refractivity contribution in [3.05, 3.63) is 35.8 Å². The maximum Gasteiger partial charge on any atom is 0.425 e. The average Bonchev–Trinajstić information content (AvgIpc) is 3.60. The number of ether oxygens (including phenoxy) is 2. The number of halogens is 9. The zero-order valence-corrected chi connectivity index (χ0v) is 25.5. The summed E-state index contributed by atoms with van der Waals surface area (Å²) in [6.07, 6.45) is -12.2. The summed E-state index contributed by atoms with van der Waals surface area (Å²) in [6.45, 7) is -3.16. The second kappa shape index (κ2) is 13.4. The first-order chi connectivity index (χ1) is 22.9. The van der Waals surface area contributed by atoms with Crippen LogP contribution in [0, 0.1) is 0 Å². The van der Waals surface area contributed by atoms with Gasteiger partial charge in [0.1, 0.15) is 23.6 Å². The number of nitrogens with one attached hydrogen (secondary N) is 1. The Morgan fingerprint density at radius 3 is 2.47 bits per heavy atom. The van der Waals surface area contributed by atoms with Gasteiger partial charge in [0, 0.05) is 50.8 Å². The summed E-state index contributed by atoms with van der Waals surface area (Å²) in [5, 5.41) is 6.59. The fourth-order valence-electron chi connectivity index (χ4n) is 5.52. The second-order valence-electron chi connectivity index (χ2n) is 11.6. The van der Waals surface area contributed by atoms with Crippen molar-refractivity contribution in [3.8, 4) is 17.1 Å². The van der Waals surface area contributed by atoms with Crippen LogP contribution in [0.4, 0.5) is 50.1 Å². The van der Waals surface area contributed by atoms with Gasteiger partial charge in [0.2, 0.25) is 5.88 Å². The maximum atomic E-state index is 14.9. The van der Waals surface area contributed by atoms with Crippen LogP contribution < -0.4 is 15.8 Å². The van der Waals surface area contributed by atoms with Gasteiger partial charge < -0.3 is 25.4 Å². The predicted molar refractivity (Wildman–Crippen MR) is 152 cm³/mol. The lowest BCUT2D eigenvalue weighted by Crippen LogP contribution is -2.46. The quantitative estimate of drug-likeness (QED) is 0.315. The van der Waals surface area contributed by atoms with E-state index in [1.807, 2.05) is 4.90 Å². The summed E-state index contributed by atoms with van der Waals surface area (Å²) in [4.78, 5) is 36.1. The highest BCUT2D eigenvalue weighted by molar-refractivity contribution is 5.98. The highest BCUT2D eigenvalue weighted by atomic mass is 19.4. The fourth-order valence-corrected chi connectivity index (χ4v) is 5.52. The second-order valence-corrected chi connectivity index (χ2v) is 11.6. The molecule has 5 heterocycles. The van der Waals surface area contributed by atoms with Gasteiger partial charge in [0.05, 0.1) is 25.4 Å². The number of nitrogens with zero attached hydrogens (tertiary/aromatic N) is 6. The molecule has 5 rings (SSSR count). The van der Waals surface area contributed by atoms with Gasteiger partial charge in [-0.15, -0.1) is 0 Å². The van der Waals surface area contributed by atoms with Gasteiger partial charge in [-0.3, -0.25) is 9.69 Å². The van der Waals surface area contributed by atoms with E-state index in [2.05, 4.69) is 25.1 Å². The molecule has 268 valence electrons. The number of alkyl halides is 9. The summed E-state index contributed by atoms with van der Waals surface area (Å²) in [5.74, 6) is -8.87. The minimum atomic E-state index is -5.91. The number of nitrogens with two attached hydrogens (primary N) is 1. The molecule has 0 radical (unpaired) electrons. The highest BCUT2D eigenvalue weighted by Gasteiger charge is 2.57. The molecule has 3 atom stereocenters. The molecule has 2 saturated heterocycles. The van der Waals surface area contributed by atoms with E-state index in [-0.39, 0.29) is 49.7 Å². The van der Waals surface area contributed by atoms with E-state index in [0.717, 1.165) is 0 Å². The van der Waals surface area contributed by atoms with Crippen molar-refractivity contribution in [1.29, 1.82) is 0 Å². The smallest absolute Gasteiger partial charge is 0.425 e. The molecule has 0 aromatic carbocycles. The summed E-state index contributed by atoms with van der Waals surface area (Å²) in [7, 11) is 1.21. The zero-order chi connectivity index (χ0) is 35.9. The average molecular weight is 713 g/mol. The van der Waals surface area contributed by atoms with E-state index in [1.54, 1.807) is 6.07 Å². The Morgan fingerprint density at radius 1 is 1.12 bits per heavy atom. The van der Waals surface area contributed by atoms with Crippen molar-refractivity contribution in [1.82, 2.24) is 34.7 Å². The van der Waals surface area contributed by atoms with Gasteiger partial charge in [-0.1, -0.05) is 0 Å². The topological polar surface area (TPSA) is 140 Å². The van der Waals surface area contributed by atoms with Gasteiger partial charge in [0.15, 0.2) is 12.4 Å². The third-order valence-corrected chi connectivity index (χ3v) is 8.10. The Balaban J connectivity index is 1.32. The van der Waals surface area contributed by atoms with Gasteiger partial charge in [0.25, 0.3) is 18.0 Å². The lowest BCUT2D eigenvalue weighted by molar-refractivity contribution is -0.252. The van der Waals surface area contributed by atoms with Crippen molar-refractivity contribution in [3.63, 3.8) is 0 Å². The van der Waals surface area contributed by atoms with Crippen LogP contribution in [0.1, 0.15) is 28.8 Å². The summed E-state index contributed by atoms with van der Waals surface area (Å²) in [5.41, 5.74) is 7.62. The van der Waals surface area contributed by atoms with Gasteiger partial charge in [-0.2, -0.15) is 27.1 Å². The van der Waals surface area contributed by atoms with Crippen LogP contribution in [-0.4, -0.2) is 118 Å². The molecular formula is C28H29F9N8O4. The SMILES string of the molecule is COc1ncc(-c2cc(CN3CCC(F)(F)CC3)c3c(N)ncnn23)cc1C(=O)N[C@@H]1CN(C(=O)OCC(F)(F)C(F)C(F)(F)F)C[C@@H]1F. The number of amides is 2. The van der Waals surface area contributed by atoms with E-state index in [0.29, 0.717) is 27.2 Å². The van der Waals surface area contributed by atoms with Crippen molar-refractivity contribution in [2.24, 2.45) is 0 Å². The largest absolute Gasteiger partial charge is 0.480 e. The molecule has 3 aromatic heterocycles. The first kappa shape index (κ1) is 35.7. The molecule has 2 aliphatic rings. The van der Waals surface area contributed by atoms with Gasteiger partial charge in [-0.25, -0.2) is 36.8 Å². The number of anilines is 1. The molecule has 49 heavy (non-hydrogen) atoms. The Hall–Kier alpha value is -4.56. The Kier molecular flexibility index (Phi) is 9.77. The normalized spacial score (nSPS) is 20.7. The molecule has 0 bridgehead atoms. The van der Waals surface area contributed by atoms with Crippen LogP contribution in [0.2, 0.25) is 0 Å². The van der Waals surface area contributed by atoms with Crippen molar-refractivity contribution in [2.45, 2.75) is 55.8 Å². The molecular weight excluding hydrogens is 683 g/mol. The summed E-state index contributed by atoms with van der Waals surface area (Å²) < 4.78 is 130. The maximum absolute atomic E-state index is 14.9. The molecule has 3 aromatic rings. The molecule has 3 N–H and O–H groups in total. The van der Waals surface area contributed by atoms with E-state index in [1.165, 1.54) is 30.2 Å². The van der Waals surface area contributed by atoms with E-state index in [4.69, 9.17) is 10.5 Å². The van der Waals surface area contributed by atoms with Crippen molar-refractivity contribution < 1.29 is 58.6 Å². The Labute approximate surface area is 271 Å². The molecule has 0 spiro atoms. The number of rotatable bonds is 9. The number of methoxy groups -OCH3 is 1. The van der Waals surface area contributed by atoms with Crippen LogP contribution in [-0.2, 0) is 11.3 Å². The van der Waals surface area contributed by atoms with E-state index >= 15 is 0 Å². The summed E-state index contributed by atoms with van der Waals surface area (Å²) >= 11 is 0. The third-order valence-electron chi connectivity index (χ3n) is 8.10. The first-order valence-corrected chi connectivity index (χ1v) is 14.6. The fraction of sp³-hybridized carbons (Fsp3) is 0.536. The van der Waals surface area contributed by atoms with Gasteiger partial charge in [-0.05, 0) is 17.7 Å². The molecule has 0 saturated carbocycles. The Bertz CT molecular complexity index is 1700. The molecule has 2 amide bonds. The van der Waals surface area contributed by atoms with Crippen LogP contribution in [0.5, 0.6) is 5.88 Å². The summed E-state index contributed by atoms with van der Waals surface area (Å²) in [6, 6.07) is 1.60. The minimum Gasteiger partial charge on any atom is -0.480 e. The first-order valence-electron chi connectivity index (χ1n) is 14.6. The number of carbonyl (C=O) groups is 2. The Morgan fingerprint density at radius 2 is 1.82 bits per heavy atom. The number of hydrogen-bond donors (Lipinski definition) is 2. The number of nitrogen functional groups attached to an aromatic ring is 1. The molecule has 0 aliphatic carbocycles. The van der Waals surface area contributed by atoms with Crippen LogP contribution in [0.15, 0.2) is 24.7 Å². The molecule has 1 unspecified atom stereocenters. The molecule has 21 heteroatoms. The van der Waals surface area contributed by atoms with Crippen LogP contribution in [0.3, 0.4) is 0 Å². The number of aromatic nitrogens is 4. The van der Waals surface area contributed by atoms with Crippen LogP contribution in [0.25, 0.3) is 16.8 Å². The number of piperidine rings is 1. The minimum absolute atomic E-state index is 0.102. The predicted octanol–water partition coefficient (Wildman–Crippen LogP) is 4.04. The van der Waals surface area contributed by atoms with E-state index in [9.17, 15) is 49.1 Å². The van der Waals surface area contributed by atoms with Gasteiger partial charge >= 0.3 is 18.2 Å². The van der Waals surface area contributed by atoms with Crippen LogP contribution >= 0.6 is 0 Å². The number of hydrogen-bond acceptors (Lipinski definition) is 9. The number of pyridine rings is 1. The number of likely N-dealkylation sites (tertiary alicyclic amines) is 2. The third kappa shape index (κ3) is 7.70.